The molecule has 92 valence electrons. The number of nitrogens with one attached hydrogen (secondary N) is 1. The van der Waals surface area contributed by atoms with E-state index in [-0.39, 0.29) is 0 Å². The molecular formula is C16H16BrN. The molecule has 3 rings (SSSR count). The first-order valence-electron chi connectivity index (χ1n) is 6.38. The molecule has 0 spiro atoms. The van der Waals surface area contributed by atoms with Gasteiger partial charge in [-0.1, -0.05) is 52.3 Å². The third-order valence-corrected chi connectivity index (χ3v) is 4.04. The van der Waals surface area contributed by atoms with Gasteiger partial charge in [0.15, 0.2) is 0 Å². The average Bonchev–Trinajstić information content (AvgIpc) is 2.39. The lowest BCUT2D eigenvalue weighted by molar-refractivity contribution is 0.502. The van der Waals surface area contributed by atoms with Crippen molar-refractivity contribution < 1.29 is 0 Å². The molecule has 2 aromatic rings. The minimum absolute atomic E-state index is 0.448. The summed E-state index contributed by atoms with van der Waals surface area (Å²) in [6.07, 6.45) is 2.20. The third-order valence-electron chi connectivity index (χ3n) is 3.54. The van der Waals surface area contributed by atoms with E-state index >= 15 is 0 Å². The molecule has 0 amide bonds. The van der Waals surface area contributed by atoms with Gasteiger partial charge in [-0.2, -0.15) is 0 Å². The van der Waals surface area contributed by atoms with E-state index in [1.54, 1.807) is 0 Å². The van der Waals surface area contributed by atoms with Gasteiger partial charge in [0.2, 0.25) is 0 Å². The molecule has 2 heteroatoms. The van der Waals surface area contributed by atoms with Crippen LogP contribution in [0.3, 0.4) is 0 Å². The standard InChI is InChI=1S/C16H16BrN/c17-14-6-3-4-12(10-14)11-16-15-7-2-1-5-13(15)8-9-18-16/h1-7,10,16,18H,8-9,11H2. The van der Waals surface area contributed by atoms with Crippen molar-refractivity contribution in [2.75, 3.05) is 6.54 Å². The minimum atomic E-state index is 0.448. The van der Waals surface area contributed by atoms with E-state index < -0.39 is 0 Å². The quantitative estimate of drug-likeness (QED) is 0.888. The molecule has 0 bridgehead atoms. The first-order chi connectivity index (χ1) is 8.83. The van der Waals surface area contributed by atoms with Crippen LogP contribution in [0.25, 0.3) is 0 Å². The maximum absolute atomic E-state index is 3.63. The summed E-state index contributed by atoms with van der Waals surface area (Å²) in [5, 5.41) is 3.63. The van der Waals surface area contributed by atoms with Gasteiger partial charge in [-0.25, -0.2) is 0 Å². The Kier molecular flexibility index (Phi) is 3.48. The van der Waals surface area contributed by atoms with Gasteiger partial charge >= 0.3 is 0 Å². The highest BCUT2D eigenvalue weighted by atomic mass is 79.9. The van der Waals surface area contributed by atoms with Crippen LogP contribution in [0.2, 0.25) is 0 Å². The molecule has 0 aliphatic carbocycles. The molecule has 1 atom stereocenters. The smallest absolute Gasteiger partial charge is 0.0363 e. The summed E-state index contributed by atoms with van der Waals surface area (Å²) in [7, 11) is 0. The van der Waals surface area contributed by atoms with Crippen molar-refractivity contribution >= 4 is 15.9 Å². The fraction of sp³-hybridized carbons (Fsp3) is 0.250. The first-order valence-corrected chi connectivity index (χ1v) is 7.18. The van der Waals surface area contributed by atoms with Gasteiger partial charge in [0, 0.05) is 10.5 Å². The molecular weight excluding hydrogens is 286 g/mol. The fourth-order valence-corrected chi connectivity index (χ4v) is 3.12. The van der Waals surface area contributed by atoms with Crippen LogP contribution in [0.15, 0.2) is 53.0 Å². The van der Waals surface area contributed by atoms with E-state index in [9.17, 15) is 0 Å². The lowest BCUT2D eigenvalue weighted by atomic mass is 9.90. The largest absolute Gasteiger partial charge is 0.309 e. The van der Waals surface area contributed by atoms with E-state index in [0.29, 0.717) is 6.04 Å². The van der Waals surface area contributed by atoms with E-state index in [4.69, 9.17) is 0 Å². The molecule has 1 aliphatic heterocycles. The van der Waals surface area contributed by atoms with Gasteiger partial charge in [-0.05, 0) is 48.2 Å². The number of fused-ring (bicyclic) bond motifs is 1. The molecule has 1 aliphatic rings. The number of hydrogen-bond acceptors (Lipinski definition) is 1. The van der Waals surface area contributed by atoms with Crippen LogP contribution < -0.4 is 5.32 Å². The summed E-state index contributed by atoms with van der Waals surface area (Å²) in [6, 6.07) is 17.8. The van der Waals surface area contributed by atoms with Crippen LogP contribution in [-0.4, -0.2) is 6.54 Å². The first kappa shape index (κ1) is 11.9. The summed E-state index contributed by atoms with van der Waals surface area (Å²) in [6.45, 7) is 1.08. The number of halogens is 1. The highest BCUT2D eigenvalue weighted by molar-refractivity contribution is 9.10. The highest BCUT2D eigenvalue weighted by Crippen LogP contribution is 2.26. The molecule has 0 radical (unpaired) electrons. The number of hydrogen-bond donors (Lipinski definition) is 1. The highest BCUT2D eigenvalue weighted by Gasteiger charge is 2.19. The Balaban J connectivity index is 1.86. The van der Waals surface area contributed by atoms with Crippen LogP contribution >= 0.6 is 15.9 Å². The van der Waals surface area contributed by atoms with Crippen LogP contribution in [0.4, 0.5) is 0 Å². The van der Waals surface area contributed by atoms with Crippen molar-refractivity contribution in [1.82, 2.24) is 5.32 Å². The summed E-state index contributed by atoms with van der Waals surface area (Å²) >= 11 is 3.54. The Morgan fingerprint density at radius 1 is 1.11 bits per heavy atom. The lowest BCUT2D eigenvalue weighted by Gasteiger charge is -2.27. The maximum atomic E-state index is 3.63. The summed E-state index contributed by atoms with van der Waals surface area (Å²) in [5.74, 6) is 0. The Morgan fingerprint density at radius 2 is 2.00 bits per heavy atom. The van der Waals surface area contributed by atoms with Crippen molar-refractivity contribution in [3.63, 3.8) is 0 Å². The summed E-state index contributed by atoms with van der Waals surface area (Å²) < 4.78 is 1.16. The van der Waals surface area contributed by atoms with Gasteiger partial charge in [0.05, 0.1) is 0 Å². The van der Waals surface area contributed by atoms with Gasteiger partial charge < -0.3 is 5.32 Å². The van der Waals surface area contributed by atoms with Crippen LogP contribution in [0.5, 0.6) is 0 Å². The molecule has 0 fully saturated rings. The van der Waals surface area contributed by atoms with E-state index in [2.05, 4.69) is 69.8 Å². The van der Waals surface area contributed by atoms with Crippen LogP contribution in [-0.2, 0) is 12.8 Å². The van der Waals surface area contributed by atoms with Crippen LogP contribution in [0, 0.1) is 0 Å². The monoisotopic (exact) mass is 301 g/mol. The number of rotatable bonds is 2. The zero-order valence-electron chi connectivity index (χ0n) is 10.2. The van der Waals surface area contributed by atoms with Crippen LogP contribution in [0.1, 0.15) is 22.7 Å². The second-order valence-corrected chi connectivity index (χ2v) is 5.71. The molecule has 0 saturated heterocycles. The molecule has 1 N–H and O–H groups in total. The lowest BCUT2D eigenvalue weighted by Crippen LogP contribution is -2.31. The molecule has 1 unspecified atom stereocenters. The fourth-order valence-electron chi connectivity index (χ4n) is 2.67. The zero-order valence-corrected chi connectivity index (χ0v) is 11.8. The minimum Gasteiger partial charge on any atom is -0.309 e. The molecule has 0 saturated carbocycles. The van der Waals surface area contributed by atoms with Gasteiger partial charge in [0.1, 0.15) is 0 Å². The average molecular weight is 302 g/mol. The van der Waals surface area contributed by atoms with Gasteiger partial charge in [0.25, 0.3) is 0 Å². The Morgan fingerprint density at radius 3 is 2.89 bits per heavy atom. The molecule has 1 heterocycles. The number of benzene rings is 2. The topological polar surface area (TPSA) is 12.0 Å². The van der Waals surface area contributed by atoms with Crippen molar-refractivity contribution in [3.05, 3.63) is 69.7 Å². The predicted octanol–water partition coefficient (Wildman–Crippen LogP) is 3.88. The molecule has 0 aromatic heterocycles. The molecule has 1 nitrogen and oxygen atoms in total. The van der Waals surface area contributed by atoms with Crippen molar-refractivity contribution in [2.45, 2.75) is 18.9 Å². The van der Waals surface area contributed by atoms with Gasteiger partial charge in [-0.15, -0.1) is 0 Å². The van der Waals surface area contributed by atoms with Crippen molar-refractivity contribution in [1.29, 1.82) is 0 Å². The van der Waals surface area contributed by atoms with Crippen molar-refractivity contribution in [2.24, 2.45) is 0 Å². The maximum Gasteiger partial charge on any atom is 0.0363 e. The zero-order chi connectivity index (χ0) is 12.4. The van der Waals surface area contributed by atoms with Crippen molar-refractivity contribution in [3.8, 4) is 0 Å². The molecule has 18 heavy (non-hydrogen) atoms. The summed E-state index contributed by atoms with van der Waals surface area (Å²) in [4.78, 5) is 0. The van der Waals surface area contributed by atoms with E-state index in [1.165, 1.54) is 16.7 Å². The van der Waals surface area contributed by atoms with E-state index in [1.807, 2.05) is 0 Å². The normalized spacial score (nSPS) is 18.4. The Labute approximate surface area is 116 Å². The second-order valence-electron chi connectivity index (χ2n) is 4.79. The molecule has 2 aromatic carbocycles. The Hall–Kier alpha value is -1.12. The third kappa shape index (κ3) is 2.50. The van der Waals surface area contributed by atoms with Gasteiger partial charge in [-0.3, -0.25) is 0 Å². The summed E-state index contributed by atoms with van der Waals surface area (Å²) in [5.41, 5.74) is 4.33. The Bertz CT molecular complexity index is 550. The second kappa shape index (κ2) is 5.25. The predicted molar refractivity (Wildman–Crippen MR) is 78.7 cm³/mol. The SMILES string of the molecule is Brc1cccc(CC2NCCc3ccccc32)c1. The van der Waals surface area contributed by atoms with E-state index in [0.717, 1.165) is 23.9 Å².